The third-order valence-corrected chi connectivity index (χ3v) is 5.09. The van der Waals surface area contributed by atoms with Crippen LogP contribution in [0.4, 0.5) is 0 Å². The fraction of sp³-hybridized carbons (Fsp3) is 0.400. The second kappa shape index (κ2) is 6.23. The molecule has 2 heteroatoms. The fourth-order valence-electron chi connectivity index (χ4n) is 3.94. The number of hydrazine groups is 1. The van der Waals surface area contributed by atoms with Crippen LogP contribution in [0.3, 0.4) is 0 Å². The van der Waals surface area contributed by atoms with Gasteiger partial charge in [-0.15, -0.1) is 0 Å². The smallest absolute Gasteiger partial charge is 0.0384 e. The number of fused-ring (bicyclic) bond motifs is 1. The second-order valence-corrected chi connectivity index (χ2v) is 6.55. The maximum atomic E-state index is 2.63. The van der Waals surface area contributed by atoms with Crippen molar-refractivity contribution in [2.75, 3.05) is 13.1 Å². The normalized spacial score (nSPS) is 22.6. The molecule has 0 aromatic heterocycles. The van der Waals surface area contributed by atoms with Crippen LogP contribution in [0, 0.1) is 0 Å². The first-order valence-electron chi connectivity index (χ1n) is 8.56. The standard InChI is InChI=1S/C20H24N2/c1-2-6-18(7-3-1)19-12-10-17(11-13-19)16-21-14-4-8-20-9-5-15-22(20)21/h1-3,6-7,10-13,20H,4-5,8-9,14-16H2. The number of nitrogens with zero attached hydrogens (tertiary/aromatic N) is 2. The van der Waals surface area contributed by atoms with Gasteiger partial charge in [0.2, 0.25) is 0 Å². The highest BCUT2D eigenvalue weighted by Crippen LogP contribution is 2.29. The van der Waals surface area contributed by atoms with Crippen LogP contribution in [-0.2, 0) is 6.54 Å². The van der Waals surface area contributed by atoms with Gasteiger partial charge in [-0.05, 0) is 42.4 Å². The Kier molecular flexibility index (Phi) is 3.96. The Hall–Kier alpha value is -1.64. The van der Waals surface area contributed by atoms with E-state index < -0.39 is 0 Å². The zero-order valence-corrected chi connectivity index (χ0v) is 13.1. The molecule has 2 aromatic rings. The van der Waals surface area contributed by atoms with Crippen LogP contribution in [0.5, 0.6) is 0 Å². The highest BCUT2D eigenvalue weighted by Gasteiger charge is 2.32. The van der Waals surface area contributed by atoms with Gasteiger partial charge in [-0.2, -0.15) is 0 Å². The summed E-state index contributed by atoms with van der Waals surface area (Å²) < 4.78 is 0. The number of hydrogen-bond donors (Lipinski definition) is 0. The van der Waals surface area contributed by atoms with E-state index in [1.807, 2.05) is 0 Å². The van der Waals surface area contributed by atoms with E-state index in [0.29, 0.717) is 0 Å². The molecule has 2 aromatic carbocycles. The lowest BCUT2D eigenvalue weighted by molar-refractivity contribution is -0.0726. The Balaban J connectivity index is 1.47. The quantitative estimate of drug-likeness (QED) is 0.831. The van der Waals surface area contributed by atoms with Gasteiger partial charge in [0.15, 0.2) is 0 Å². The lowest BCUT2D eigenvalue weighted by Crippen LogP contribution is -2.49. The first-order valence-corrected chi connectivity index (χ1v) is 8.56. The summed E-state index contributed by atoms with van der Waals surface area (Å²) in [6.45, 7) is 3.54. The van der Waals surface area contributed by atoms with Crippen molar-refractivity contribution >= 4 is 0 Å². The average Bonchev–Trinajstić information content (AvgIpc) is 3.06. The van der Waals surface area contributed by atoms with Crippen molar-refractivity contribution in [2.24, 2.45) is 0 Å². The summed E-state index contributed by atoms with van der Waals surface area (Å²) in [6.07, 6.45) is 5.50. The Labute approximate surface area is 133 Å². The SMILES string of the molecule is c1ccc(-c2ccc(CN3CCCC4CCCN43)cc2)cc1. The minimum Gasteiger partial charge on any atom is -0.238 e. The van der Waals surface area contributed by atoms with E-state index in [0.717, 1.165) is 12.6 Å². The minimum absolute atomic E-state index is 0.817. The van der Waals surface area contributed by atoms with Gasteiger partial charge in [-0.1, -0.05) is 54.6 Å². The summed E-state index contributed by atoms with van der Waals surface area (Å²) in [5.41, 5.74) is 4.03. The van der Waals surface area contributed by atoms with Crippen molar-refractivity contribution in [3.8, 4) is 11.1 Å². The van der Waals surface area contributed by atoms with E-state index >= 15 is 0 Å². The molecular formula is C20H24N2. The third kappa shape index (κ3) is 2.81. The molecule has 114 valence electrons. The maximum Gasteiger partial charge on any atom is 0.0384 e. The van der Waals surface area contributed by atoms with Gasteiger partial charge < -0.3 is 0 Å². The lowest BCUT2D eigenvalue weighted by Gasteiger charge is -2.40. The summed E-state index contributed by atoms with van der Waals surface area (Å²) in [5.74, 6) is 0. The molecule has 2 aliphatic heterocycles. The molecule has 1 atom stereocenters. The van der Waals surface area contributed by atoms with Crippen LogP contribution >= 0.6 is 0 Å². The molecule has 0 radical (unpaired) electrons. The van der Waals surface area contributed by atoms with E-state index in [-0.39, 0.29) is 0 Å². The van der Waals surface area contributed by atoms with E-state index in [4.69, 9.17) is 0 Å². The summed E-state index contributed by atoms with van der Waals surface area (Å²) in [7, 11) is 0. The average molecular weight is 292 g/mol. The van der Waals surface area contributed by atoms with Crippen molar-refractivity contribution in [3.63, 3.8) is 0 Å². The van der Waals surface area contributed by atoms with Gasteiger partial charge in [0.1, 0.15) is 0 Å². The van der Waals surface area contributed by atoms with Gasteiger partial charge >= 0.3 is 0 Å². The van der Waals surface area contributed by atoms with Crippen molar-refractivity contribution in [3.05, 3.63) is 60.2 Å². The Morgan fingerprint density at radius 1 is 0.773 bits per heavy atom. The van der Waals surface area contributed by atoms with Crippen LogP contribution < -0.4 is 0 Å². The molecule has 2 aliphatic rings. The minimum atomic E-state index is 0.817. The van der Waals surface area contributed by atoms with Crippen molar-refractivity contribution in [2.45, 2.75) is 38.3 Å². The highest BCUT2D eigenvalue weighted by molar-refractivity contribution is 5.63. The van der Waals surface area contributed by atoms with Gasteiger partial charge in [0, 0.05) is 25.7 Å². The number of hydrogen-bond acceptors (Lipinski definition) is 2. The Morgan fingerprint density at radius 2 is 1.45 bits per heavy atom. The molecule has 4 rings (SSSR count). The number of benzene rings is 2. The maximum absolute atomic E-state index is 2.63. The lowest BCUT2D eigenvalue weighted by atomic mass is 10.0. The zero-order valence-electron chi connectivity index (χ0n) is 13.1. The predicted octanol–water partition coefficient (Wildman–Crippen LogP) is 4.33. The van der Waals surface area contributed by atoms with Gasteiger partial charge in [0.25, 0.3) is 0 Å². The van der Waals surface area contributed by atoms with Crippen molar-refractivity contribution < 1.29 is 0 Å². The Bertz CT molecular complexity index is 605. The molecule has 0 spiro atoms. The summed E-state index contributed by atoms with van der Waals surface area (Å²) in [5, 5.41) is 5.22. The Morgan fingerprint density at radius 3 is 2.23 bits per heavy atom. The topological polar surface area (TPSA) is 6.48 Å². The summed E-state index contributed by atoms with van der Waals surface area (Å²) in [6, 6.07) is 20.5. The second-order valence-electron chi connectivity index (χ2n) is 6.55. The molecule has 0 bridgehead atoms. The number of rotatable bonds is 3. The van der Waals surface area contributed by atoms with Crippen molar-refractivity contribution in [1.29, 1.82) is 0 Å². The monoisotopic (exact) mass is 292 g/mol. The van der Waals surface area contributed by atoms with Crippen LogP contribution in [0.2, 0.25) is 0 Å². The fourth-order valence-corrected chi connectivity index (χ4v) is 3.94. The third-order valence-electron chi connectivity index (χ3n) is 5.09. The summed E-state index contributed by atoms with van der Waals surface area (Å²) in [4.78, 5) is 0. The molecule has 0 saturated carbocycles. The molecular weight excluding hydrogens is 268 g/mol. The van der Waals surface area contributed by atoms with Crippen LogP contribution in [-0.4, -0.2) is 29.1 Å². The van der Waals surface area contributed by atoms with Gasteiger partial charge in [-0.25, -0.2) is 10.0 Å². The molecule has 0 aliphatic carbocycles. The molecule has 2 fully saturated rings. The highest BCUT2D eigenvalue weighted by atomic mass is 15.6. The van der Waals surface area contributed by atoms with E-state index in [1.165, 1.54) is 55.5 Å². The first kappa shape index (κ1) is 14.0. The van der Waals surface area contributed by atoms with Gasteiger partial charge in [-0.3, -0.25) is 0 Å². The summed E-state index contributed by atoms with van der Waals surface area (Å²) >= 11 is 0. The van der Waals surface area contributed by atoms with E-state index in [9.17, 15) is 0 Å². The van der Waals surface area contributed by atoms with Gasteiger partial charge in [0.05, 0.1) is 0 Å². The molecule has 0 amide bonds. The van der Waals surface area contributed by atoms with Crippen molar-refractivity contribution in [1.82, 2.24) is 10.0 Å². The molecule has 2 saturated heterocycles. The molecule has 2 nitrogen and oxygen atoms in total. The zero-order chi connectivity index (χ0) is 14.8. The first-order chi connectivity index (χ1) is 10.9. The van der Waals surface area contributed by atoms with Crippen LogP contribution in [0.15, 0.2) is 54.6 Å². The largest absolute Gasteiger partial charge is 0.238 e. The van der Waals surface area contributed by atoms with Crippen LogP contribution in [0.25, 0.3) is 11.1 Å². The van der Waals surface area contributed by atoms with E-state index in [2.05, 4.69) is 64.6 Å². The molecule has 2 heterocycles. The predicted molar refractivity (Wildman–Crippen MR) is 91.3 cm³/mol. The molecule has 0 N–H and O–H groups in total. The van der Waals surface area contributed by atoms with Crippen LogP contribution in [0.1, 0.15) is 31.2 Å². The van der Waals surface area contributed by atoms with E-state index in [1.54, 1.807) is 0 Å². The molecule has 22 heavy (non-hydrogen) atoms. The molecule has 1 unspecified atom stereocenters.